The van der Waals surface area contributed by atoms with Crippen molar-refractivity contribution in [2.45, 2.75) is 12.8 Å². The third kappa shape index (κ3) is 4.51. The highest BCUT2D eigenvalue weighted by Crippen LogP contribution is 2.58. The molecule has 0 aromatic heterocycles. The van der Waals surface area contributed by atoms with Crippen molar-refractivity contribution in [2.24, 2.45) is 4.52 Å². The molecule has 0 fully saturated rings. The van der Waals surface area contributed by atoms with Gasteiger partial charge in [0.2, 0.25) is 0 Å². The molecule has 0 saturated carbocycles. The molecule has 134 valence electrons. The van der Waals surface area contributed by atoms with E-state index in [9.17, 15) is 0 Å². The number of rotatable bonds is 5. The first-order chi connectivity index (χ1) is 13.4. The summed E-state index contributed by atoms with van der Waals surface area (Å²) in [5.74, 6) is 0. The van der Waals surface area contributed by atoms with Gasteiger partial charge in [0.1, 0.15) is 8.07 Å². The molecule has 0 radical (unpaired) electrons. The molecule has 0 atom stereocenters. The summed E-state index contributed by atoms with van der Waals surface area (Å²) in [5, 5.41) is 2.61. The fourth-order valence-electron chi connectivity index (χ4n) is 3.04. The first kappa shape index (κ1) is 18.1. The molecule has 0 amide bonds. The molecular formula is C24H22NP2-. The van der Waals surface area contributed by atoms with Crippen LogP contribution >= 0.6 is 15.8 Å². The second-order valence-electron chi connectivity index (χ2n) is 6.31. The van der Waals surface area contributed by atoms with Crippen molar-refractivity contribution >= 4 is 26.4 Å². The van der Waals surface area contributed by atoms with Crippen LogP contribution in [0.2, 0.25) is 0 Å². The molecule has 1 nitrogen and oxygen atoms in total. The Morgan fingerprint density at radius 3 is 1.44 bits per heavy atom. The summed E-state index contributed by atoms with van der Waals surface area (Å²) in [4.78, 5) is 0. The largest absolute Gasteiger partial charge is 0.183 e. The molecule has 0 bridgehead atoms. The molecule has 0 saturated heterocycles. The first-order valence-electron chi connectivity index (χ1n) is 9.24. The topological polar surface area (TPSA) is 12.4 Å². The van der Waals surface area contributed by atoms with E-state index in [4.69, 9.17) is 4.52 Å². The molecule has 0 N–H and O–H groups in total. The Bertz CT molecular complexity index is 799. The molecule has 0 aliphatic heterocycles. The van der Waals surface area contributed by atoms with E-state index < -0.39 is 15.8 Å². The van der Waals surface area contributed by atoms with Crippen molar-refractivity contribution in [1.82, 2.24) is 0 Å². The van der Waals surface area contributed by atoms with Crippen LogP contribution in [0.5, 0.6) is 0 Å². The minimum atomic E-state index is -0.763. The third-order valence-electron chi connectivity index (χ3n) is 4.37. The lowest BCUT2D eigenvalue weighted by Gasteiger charge is -2.21. The van der Waals surface area contributed by atoms with Crippen LogP contribution in [0.4, 0.5) is 0 Å². The Hall–Kier alpha value is -2.33. The second-order valence-corrected chi connectivity index (χ2v) is 10.3. The average molecular weight is 386 g/mol. The molecule has 0 spiro atoms. The van der Waals surface area contributed by atoms with Gasteiger partial charge in [0.25, 0.3) is 0 Å². The lowest BCUT2D eigenvalue weighted by Crippen LogP contribution is -2.09. The van der Waals surface area contributed by atoms with Crippen LogP contribution in [0.3, 0.4) is 0 Å². The van der Waals surface area contributed by atoms with Gasteiger partial charge in [0.05, 0.1) is 11.3 Å². The summed E-state index contributed by atoms with van der Waals surface area (Å²) >= 11 is 0. The Labute approximate surface area is 164 Å². The van der Waals surface area contributed by atoms with E-state index in [-0.39, 0.29) is 0 Å². The zero-order valence-corrected chi connectivity index (χ0v) is 16.9. The van der Waals surface area contributed by atoms with Gasteiger partial charge in [-0.05, 0) is 0 Å². The van der Waals surface area contributed by atoms with Gasteiger partial charge in [-0.2, -0.15) is 24.3 Å². The molecule has 27 heavy (non-hydrogen) atoms. The van der Waals surface area contributed by atoms with Gasteiger partial charge in [0.15, 0.2) is 7.71 Å². The zero-order valence-electron chi connectivity index (χ0n) is 15.1. The summed E-state index contributed by atoms with van der Waals surface area (Å²) in [6.07, 6.45) is 20.1. The Kier molecular flexibility index (Phi) is 6.05. The van der Waals surface area contributed by atoms with Gasteiger partial charge in [-0.1, -0.05) is 65.2 Å². The highest BCUT2D eigenvalue weighted by Gasteiger charge is 2.26. The van der Waals surface area contributed by atoms with Gasteiger partial charge in [0, 0.05) is 10.6 Å². The molecule has 4 rings (SSSR count). The van der Waals surface area contributed by atoms with Crippen LogP contribution in [0, 0.1) is 11.3 Å². The predicted molar refractivity (Wildman–Crippen MR) is 121 cm³/mol. The fraction of sp³-hybridized carbons (Fsp3) is 0.0833. The van der Waals surface area contributed by atoms with E-state index in [2.05, 4.69) is 109 Å². The van der Waals surface area contributed by atoms with Crippen LogP contribution in [0.15, 0.2) is 114 Å². The molecule has 2 aromatic carbocycles. The molecule has 0 heterocycles. The van der Waals surface area contributed by atoms with Crippen LogP contribution in [-0.2, 0) is 0 Å². The molecule has 2 aliphatic rings. The van der Waals surface area contributed by atoms with Crippen LogP contribution < -0.4 is 10.6 Å². The Morgan fingerprint density at radius 1 is 0.630 bits per heavy atom. The summed E-state index contributed by atoms with van der Waals surface area (Å²) in [6.45, 7) is 0. The lowest BCUT2D eigenvalue weighted by molar-refractivity contribution is 1.30. The number of hydrogen-bond acceptors (Lipinski definition) is 1. The highest BCUT2D eigenvalue weighted by atomic mass is 31.2. The van der Waals surface area contributed by atoms with Gasteiger partial charge in [-0.25, -0.2) is 0 Å². The van der Waals surface area contributed by atoms with Crippen LogP contribution in [-0.4, -0.2) is 0 Å². The second kappa shape index (κ2) is 9.05. The van der Waals surface area contributed by atoms with E-state index in [0.29, 0.717) is 0 Å². The fourth-order valence-corrected chi connectivity index (χ4v) is 7.90. The van der Waals surface area contributed by atoms with E-state index >= 15 is 0 Å². The average Bonchev–Trinajstić information content (AvgIpc) is 2.77. The summed E-state index contributed by atoms with van der Waals surface area (Å²) in [5.41, 5.74) is 2.67. The maximum absolute atomic E-state index is 5.51. The van der Waals surface area contributed by atoms with E-state index in [1.165, 1.54) is 21.9 Å². The smallest absolute Gasteiger partial charge is 0.164 e. The van der Waals surface area contributed by atoms with Crippen molar-refractivity contribution in [3.05, 3.63) is 121 Å². The summed E-state index contributed by atoms with van der Waals surface area (Å²) in [7, 11) is -1.51. The monoisotopic (exact) mass is 386 g/mol. The number of hydrogen-bond donors (Lipinski definition) is 0. The van der Waals surface area contributed by atoms with Gasteiger partial charge >= 0.3 is 0 Å². The van der Waals surface area contributed by atoms with Gasteiger partial charge in [-0.3, -0.25) is 0 Å². The van der Waals surface area contributed by atoms with Crippen molar-refractivity contribution in [1.29, 1.82) is 0 Å². The summed E-state index contributed by atoms with van der Waals surface area (Å²) < 4.78 is 5.51. The van der Waals surface area contributed by atoms with Gasteiger partial charge < -0.3 is 0 Å². The van der Waals surface area contributed by atoms with Crippen LogP contribution in [0.25, 0.3) is 0 Å². The van der Waals surface area contributed by atoms with E-state index in [1.807, 2.05) is 0 Å². The zero-order chi connectivity index (χ0) is 18.3. The normalized spacial score (nSPS) is 15.4. The maximum atomic E-state index is 5.51. The summed E-state index contributed by atoms with van der Waals surface area (Å²) in [6, 6.07) is 21.5. The Balaban J connectivity index is 1.81. The van der Waals surface area contributed by atoms with Gasteiger partial charge in [-0.15, -0.1) is 37.1 Å². The SMILES string of the molecule is C1=C[C-]([P+](=NP(c2ccccc2)c2ccccc2)[C-]2C=CCC=C2)C=CC1. The van der Waals surface area contributed by atoms with Crippen molar-refractivity contribution in [2.75, 3.05) is 0 Å². The number of allylic oxidation sites excluding steroid dienone is 8. The van der Waals surface area contributed by atoms with E-state index in [1.54, 1.807) is 0 Å². The van der Waals surface area contributed by atoms with Crippen molar-refractivity contribution in [3.63, 3.8) is 0 Å². The molecule has 0 unspecified atom stereocenters. The predicted octanol–water partition coefficient (Wildman–Crippen LogP) is 6.80. The Morgan fingerprint density at radius 2 is 1.04 bits per heavy atom. The molecule has 2 aliphatic carbocycles. The van der Waals surface area contributed by atoms with Crippen molar-refractivity contribution < 1.29 is 0 Å². The first-order valence-corrected chi connectivity index (χ1v) is 11.8. The molecular weight excluding hydrogens is 364 g/mol. The number of nitrogens with zero attached hydrogens (tertiary/aromatic N) is 1. The third-order valence-corrected chi connectivity index (χ3v) is 8.95. The quantitative estimate of drug-likeness (QED) is 0.396. The standard InChI is InChI=1S/C24H22NP2/c1-5-13-21(14-6-1)26(22-15-7-2-8-16-22)25-27(23-17-9-3-10-18-23)24-19-11-4-12-20-24/h1-2,5-20H,3-4H2/q-1. The van der Waals surface area contributed by atoms with Crippen LogP contribution in [0.1, 0.15) is 12.8 Å². The number of benzene rings is 2. The van der Waals surface area contributed by atoms with E-state index in [0.717, 1.165) is 12.8 Å². The molecule has 2 aromatic rings. The minimum Gasteiger partial charge on any atom is -0.183 e. The maximum Gasteiger partial charge on any atom is 0.164 e. The minimum absolute atomic E-state index is 0.744. The lowest BCUT2D eigenvalue weighted by atomic mass is 10.2. The highest BCUT2D eigenvalue weighted by molar-refractivity contribution is 7.77. The van der Waals surface area contributed by atoms with Crippen molar-refractivity contribution in [3.8, 4) is 0 Å². The molecule has 3 heteroatoms.